The van der Waals surface area contributed by atoms with Gasteiger partial charge in [0.05, 0.1) is 12.8 Å². The molecule has 0 spiro atoms. The number of hydrogen-bond donors (Lipinski definition) is 3. The molecular weight excluding hydrogens is 310 g/mol. The van der Waals surface area contributed by atoms with Gasteiger partial charge in [0.2, 0.25) is 0 Å². The summed E-state index contributed by atoms with van der Waals surface area (Å²) in [6, 6.07) is 8.12. The van der Waals surface area contributed by atoms with Crippen molar-refractivity contribution in [1.82, 2.24) is 5.32 Å². The van der Waals surface area contributed by atoms with Crippen LogP contribution in [0, 0.1) is 0 Å². The van der Waals surface area contributed by atoms with E-state index in [1.807, 2.05) is 0 Å². The van der Waals surface area contributed by atoms with Crippen molar-refractivity contribution in [3.05, 3.63) is 48.4 Å². The van der Waals surface area contributed by atoms with E-state index >= 15 is 0 Å². The molecule has 0 aliphatic heterocycles. The Morgan fingerprint density at radius 3 is 2.61 bits per heavy atom. The molecule has 1 aromatic carbocycles. The van der Waals surface area contributed by atoms with Crippen molar-refractivity contribution in [3.8, 4) is 5.75 Å². The molecule has 0 aliphatic rings. The van der Waals surface area contributed by atoms with E-state index in [1.165, 1.54) is 37.5 Å². The van der Waals surface area contributed by atoms with Gasteiger partial charge in [-0.05, 0) is 43.3 Å². The van der Waals surface area contributed by atoms with Gasteiger partial charge < -0.3 is 24.9 Å². The molecular formula is C15H16F2N2O4. The fourth-order valence-electron chi connectivity index (χ4n) is 1.82. The molecule has 0 radical (unpaired) electrons. The summed E-state index contributed by atoms with van der Waals surface area (Å²) in [5.41, 5.74) is -0.961. The number of anilines is 1. The van der Waals surface area contributed by atoms with Crippen LogP contribution in [0.4, 0.5) is 19.3 Å². The molecule has 23 heavy (non-hydrogen) atoms. The number of amides is 2. The number of urea groups is 1. The minimum Gasteiger partial charge on any atom is -0.466 e. The van der Waals surface area contributed by atoms with Gasteiger partial charge in [-0.2, -0.15) is 8.78 Å². The Balaban J connectivity index is 1.85. The number of ether oxygens (including phenoxy) is 1. The molecule has 1 heterocycles. The lowest BCUT2D eigenvalue weighted by Crippen LogP contribution is -2.40. The van der Waals surface area contributed by atoms with Crippen LogP contribution in [-0.2, 0) is 5.60 Å². The van der Waals surface area contributed by atoms with Crippen molar-refractivity contribution in [2.75, 3.05) is 11.9 Å². The number of hydrogen-bond acceptors (Lipinski definition) is 4. The molecule has 6 nitrogen and oxygen atoms in total. The molecule has 0 bridgehead atoms. The molecule has 2 amide bonds. The van der Waals surface area contributed by atoms with E-state index in [-0.39, 0.29) is 12.3 Å². The van der Waals surface area contributed by atoms with Crippen LogP contribution >= 0.6 is 0 Å². The Labute approximate surface area is 131 Å². The van der Waals surface area contributed by atoms with Crippen LogP contribution in [0.25, 0.3) is 0 Å². The third kappa shape index (κ3) is 4.96. The van der Waals surface area contributed by atoms with Gasteiger partial charge in [-0.15, -0.1) is 0 Å². The summed E-state index contributed by atoms with van der Waals surface area (Å²) < 4.78 is 33.4. The smallest absolute Gasteiger partial charge is 0.387 e. The lowest BCUT2D eigenvalue weighted by molar-refractivity contribution is -0.0498. The van der Waals surface area contributed by atoms with Gasteiger partial charge in [-0.3, -0.25) is 0 Å². The standard InChI is InChI=1S/C15H16F2N2O4/c1-15(21,12-3-2-8-22-12)9-18-14(20)19-10-4-6-11(7-5-10)23-13(16)17/h2-8,13,21H,9H2,1H3,(H2,18,19,20). The Kier molecular flexibility index (Phi) is 5.17. The second-order valence-corrected chi connectivity index (χ2v) is 4.96. The van der Waals surface area contributed by atoms with Crippen LogP contribution in [0.2, 0.25) is 0 Å². The van der Waals surface area contributed by atoms with E-state index in [9.17, 15) is 18.7 Å². The lowest BCUT2D eigenvalue weighted by Gasteiger charge is -2.21. The number of halogens is 2. The Morgan fingerprint density at radius 2 is 2.04 bits per heavy atom. The van der Waals surface area contributed by atoms with Crippen molar-refractivity contribution in [1.29, 1.82) is 0 Å². The molecule has 2 aromatic rings. The number of benzene rings is 1. The molecule has 8 heteroatoms. The fourth-order valence-corrected chi connectivity index (χ4v) is 1.82. The predicted octanol–water partition coefficient (Wildman–Crippen LogP) is 2.91. The molecule has 0 fully saturated rings. The third-order valence-corrected chi connectivity index (χ3v) is 2.98. The highest BCUT2D eigenvalue weighted by Gasteiger charge is 2.26. The van der Waals surface area contributed by atoms with Crippen LogP contribution in [0.3, 0.4) is 0 Å². The highest BCUT2D eigenvalue weighted by Crippen LogP contribution is 2.20. The summed E-state index contributed by atoms with van der Waals surface area (Å²) in [6.07, 6.45) is 1.42. The van der Waals surface area contributed by atoms with Crippen molar-refractivity contribution in [3.63, 3.8) is 0 Å². The first-order valence-corrected chi connectivity index (χ1v) is 6.73. The summed E-state index contributed by atoms with van der Waals surface area (Å²) in [6.45, 7) is -1.47. The third-order valence-electron chi connectivity index (χ3n) is 2.98. The second-order valence-electron chi connectivity index (χ2n) is 4.96. The maximum atomic E-state index is 12.0. The minimum absolute atomic E-state index is 0.00768. The van der Waals surface area contributed by atoms with Gasteiger partial charge in [0.25, 0.3) is 0 Å². The van der Waals surface area contributed by atoms with Crippen LogP contribution in [-0.4, -0.2) is 24.3 Å². The topological polar surface area (TPSA) is 83.7 Å². The molecule has 1 unspecified atom stereocenters. The van der Waals surface area contributed by atoms with Gasteiger partial charge >= 0.3 is 12.6 Å². The number of carbonyl (C=O) groups is 1. The normalized spacial score (nSPS) is 13.4. The van der Waals surface area contributed by atoms with E-state index in [0.29, 0.717) is 11.4 Å². The zero-order valence-corrected chi connectivity index (χ0v) is 12.3. The van der Waals surface area contributed by atoms with Crippen molar-refractivity contribution >= 4 is 11.7 Å². The van der Waals surface area contributed by atoms with Crippen molar-refractivity contribution in [2.24, 2.45) is 0 Å². The van der Waals surface area contributed by atoms with E-state index in [4.69, 9.17) is 4.42 Å². The van der Waals surface area contributed by atoms with Gasteiger partial charge in [0.15, 0.2) is 0 Å². The summed E-state index contributed by atoms with van der Waals surface area (Å²) in [5, 5.41) is 15.2. The first kappa shape index (κ1) is 16.8. The molecule has 2 rings (SSSR count). The van der Waals surface area contributed by atoms with Gasteiger partial charge in [-0.1, -0.05) is 0 Å². The van der Waals surface area contributed by atoms with Crippen LogP contribution in [0.5, 0.6) is 5.75 Å². The van der Waals surface area contributed by atoms with E-state index in [0.717, 1.165) is 0 Å². The highest BCUT2D eigenvalue weighted by atomic mass is 19.3. The average Bonchev–Trinajstić information content (AvgIpc) is 3.02. The maximum absolute atomic E-state index is 12.0. The monoisotopic (exact) mass is 326 g/mol. The highest BCUT2D eigenvalue weighted by molar-refractivity contribution is 5.89. The molecule has 124 valence electrons. The Bertz CT molecular complexity index is 627. The summed E-state index contributed by atoms with van der Waals surface area (Å²) in [4.78, 5) is 11.8. The van der Waals surface area contributed by atoms with E-state index in [2.05, 4.69) is 15.4 Å². The van der Waals surface area contributed by atoms with E-state index in [1.54, 1.807) is 12.1 Å². The van der Waals surface area contributed by atoms with Crippen molar-refractivity contribution in [2.45, 2.75) is 19.1 Å². The quantitative estimate of drug-likeness (QED) is 0.762. The Hall–Kier alpha value is -2.61. The molecule has 1 atom stereocenters. The number of aliphatic hydroxyl groups is 1. The number of nitrogens with one attached hydrogen (secondary N) is 2. The zero-order valence-electron chi connectivity index (χ0n) is 12.3. The van der Waals surface area contributed by atoms with Crippen LogP contribution in [0.1, 0.15) is 12.7 Å². The summed E-state index contributed by atoms with van der Waals surface area (Å²) in [7, 11) is 0. The molecule has 3 N–H and O–H groups in total. The molecule has 0 aliphatic carbocycles. The lowest BCUT2D eigenvalue weighted by atomic mass is 10.0. The first-order valence-electron chi connectivity index (χ1n) is 6.73. The predicted molar refractivity (Wildman–Crippen MR) is 78.4 cm³/mol. The van der Waals surface area contributed by atoms with Gasteiger partial charge in [-0.25, -0.2) is 4.79 Å². The minimum atomic E-state index is -2.90. The zero-order chi connectivity index (χ0) is 16.9. The maximum Gasteiger partial charge on any atom is 0.387 e. The Morgan fingerprint density at radius 1 is 1.35 bits per heavy atom. The number of alkyl halides is 2. The molecule has 0 saturated heterocycles. The SMILES string of the molecule is CC(O)(CNC(=O)Nc1ccc(OC(F)F)cc1)c1ccco1. The second kappa shape index (κ2) is 7.10. The van der Waals surface area contributed by atoms with Gasteiger partial charge in [0, 0.05) is 5.69 Å². The first-order chi connectivity index (χ1) is 10.9. The van der Waals surface area contributed by atoms with Crippen LogP contribution in [0.15, 0.2) is 47.1 Å². The molecule has 0 saturated carbocycles. The van der Waals surface area contributed by atoms with Crippen LogP contribution < -0.4 is 15.4 Å². The number of furan rings is 1. The largest absolute Gasteiger partial charge is 0.466 e. The number of carbonyl (C=O) groups excluding carboxylic acids is 1. The van der Waals surface area contributed by atoms with Gasteiger partial charge in [0.1, 0.15) is 17.1 Å². The number of rotatable bonds is 6. The fraction of sp³-hybridized carbons (Fsp3) is 0.267. The average molecular weight is 326 g/mol. The van der Waals surface area contributed by atoms with E-state index < -0.39 is 18.2 Å². The van der Waals surface area contributed by atoms with Crippen molar-refractivity contribution < 1.29 is 27.8 Å². The molecule has 1 aromatic heterocycles. The summed E-state index contributed by atoms with van der Waals surface area (Å²) >= 11 is 0. The summed E-state index contributed by atoms with van der Waals surface area (Å²) in [5.74, 6) is 0.318.